The molecule has 1 saturated heterocycles. The van der Waals surface area contributed by atoms with Gasteiger partial charge in [-0.3, -0.25) is 9.69 Å². The van der Waals surface area contributed by atoms with Crippen molar-refractivity contribution in [1.29, 1.82) is 5.26 Å². The van der Waals surface area contributed by atoms with Crippen LogP contribution in [0.5, 0.6) is 0 Å². The first-order valence-electron chi connectivity index (χ1n) is 11.3. The molecule has 32 heavy (non-hydrogen) atoms. The topological polar surface area (TPSA) is 76.0 Å². The molecular weight excluding hydrogens is 398 g/mol. The van der Waals surface area contributed by atoms with Crippen LogP contribution in [0.1, 0.15) is 49.0 Å². The van der Waals surface area contributed by atoms with E-state index < -0.39 is 0 Å². The van der Waals surface area contributed by atoms with Crippen LogP contribution in [0.15, 0.2) is 67.1 Å². The number of unbranched alkanes of at least 4 members (excludes halogenated alkanes) is 1. The number of nitrogens with zero attached hydrogens (tertiary/aromatic N) is 4. The minimum Gasteiger partial charge on any atom is -0.347 e. The van der Waals surface area contributed by atoms with Gasteiger partial charge < -0.3 is 9.88 Å². The molecule has 0 saturated carbocycles. The van der Waals surface area contributed by atoms with Crippen molar-refractivity contribution >= 4 is 11.6 Å². The summed E-state index contributed by atoms with van der Waals surface area (Å²) in [6.45, 7) is 3.25. The third-order valence-corrected chi connectivity index (χ3v) is 6.23. The maximum Gasteiger partial charge on any atom is 0.241 e. The molecule has 1 fully saturated rings. The average Bonchev–Trinajstić information content (AvgIpc) is 3.37. The van der Waals surface area contributed by atoms with Crippen LogP contribution in [0.4, 0.5) is 5.69 Å². The normalized spacial score (nSPS) is 17.8. The maximum absolute atomic E-state index is 13.3. The molecule has 1 aliphatic heterocycles. The second-order valence-electron chi connectivity index (χ2n) is 8.34. The van der Waals surface area contributed by atoms with E-state index in [1.165, 1.54) is 0 Å². The monoisotopic (exact) mass is 427 g/mol. The third kappa shape index (κ3) is 4.90. The summed E-state index contributed by atoms with van der Waals surface area (Å²) in [5.41, 5.74) is 3.76. The fourth-order valence-corrected chi connectivity index (χ4v) is 4.50. The van der Waals surface area contributed by atoms with Crippen molar-refractivity contribution in [3.8, 4) is 6.07 Å². The number of nitrogens with one attached hydrogen (secondary N) is 1. The van der Waals surface area contributed by atoms with Gasteiger partial charge in [-0.25, -0.2) is 4.98 Å². The number of hydrogen-bond acceptors (Lipinski definition) is 4. The van der Waals surface area contributed by atoms with E-state index in [9.17, 15) is 4.79 Å². The summed E-state index contributed by atoms with van der Waals surface area (Å²) in [6, 6.07) is 20.1. The van der Waals surface area contributed by atoms with Crippen LogP contribution in [0.2, 0.25) is 0 Å². The Kier molecular flexibility index (Phi) is 6.98. The Hall–Kier alpha value is -3.43. The predicted molar refractivity (Wildman–Crippen MR) is 125 cm³/mol. The quantitative estimate of drug-likeness (QED) is 0.575. The molecule has 1 aliphatic rings. The van der Waals surface area contributed by atoms with Crippen LogP contribution in [0.3, 0.4) is 0 Å². The molecule has 1 N–H and O–H groups in total. The van der Waals surface area contributed by atoms with E-state index in [0.29, 0.717) is 18.7 Å². The van der Waals surface area contributed by atoms with Crippen molar-refractivity contribution in [2.75, 3.05) is 18.0 Å². The van der Waals surface area contributed by atoms with E-state index >= 15 is 0 Å². The molecule has 1 unspecified atom stereocenters. The molecule has 4 rings (SSSR count). The summed E-state index contributed by atoms with van der Waals surface area (Å²) in [5.74, 6) is 0.119. The Labute approximate surface area is 189 Å². The van der Waals surface area contributed by atoms with Crippen LogP contribution in [0.25, 0.3) is 0 Å². The number of benzene rings is 2. The van der Waals surface area contributed by atoms with Gasteiger partial charge in [-0.05, 0) is 42.7 Å². The Bertz CT molecular complexity index is 1040. The molecule has 0 bridgehead atoms. The van der Waals surface area contributed by atoms with Crippen LogP contribution in [-0.2, 0) is 11.2 Å². The van der Waals surface area contributed by atoms with Gasteiger partial charge in [0.1, 0.15) is 0 Å². The fourth-order valence-electron chi connectivity index (χ4n) is 4.50. The zero-order valence-corrected chi connectivity index (χ0v) is 18.4. The van der Waals surface area contributed by atoms with E-state index in [4.69, 9.17) is 5.26 Å². The number of para-hydroxylation sites is 1. The van der Waals surface area contributed by atoms with Gasteiger partial charge in [0, 0.05) is 24.5 Å². The van der Waals surface area contributed by atoms with Crippen LogP contribution in [-0.4, -0.2) is 39.9 Å². The Morgan fingerprint density at radius 3 is 2.62 bits per heavy atom. The number of H-pyrrole nitrogens is 1. The van der Waals surface area contributed by atoms with Crippen molar-refractivity contribution in [1.82, 2.24) is 14.9 Å². The predicted octanol–water partition coefficient (Wildman–Crippen LogP) is 4.47. The number of carbonyl (C=O) groups excluding carboxylic acids is 1. The van der Waals surface area contributed by atoms with Gasteiger partial charge in [0.05, 0.1) is 36.2 Å². The summed E-state index contributed by atoms with van der Waals surface area (Å²) < 4.78 is 0. The highest BCUT2D eigenvalue weighted by atomic mass is 16.2. The summed E-state index contributed by atoms with van der Waals surface area (Å²) in [5, 5.41) is 9.12. The number of nitriles is 1. The number of anilines is 1. The zero-order chi connectivity index (χ0) is 22.3. The molecule has 164 valence electrons. The number of piperazine rings is 1. The lowest BCUT2D eigenvalue weighted by Crippen LogP contribution is -2.57. The van der Waals surface area contributed by atoms with E-state index in [1.54, 1.807) is 6.33 Å². The smallest absolute Gasteiger partial charge is 0.241 e. The largest absolute Gasteiger partial charge is 0.347 e. The number of imidazole rings is 1. The van der Waals surface area contributed by atoms with E-state index in [1.807, 2.05) is 65.7 Å². The SMILES string of the molecule is CCCC[C@H]1CN(c2ccccc2)C(=O)CN1C(Cc1ccc(C#N)cc1)c1cnc[nH]1. The summed E-state index contributed by atoms with van der Waals surface area (Å²) in [4.78, 5) is 25.1. The maximum atomic E-state index is 13.3. The molecule has 1 aromatic heterocycles. The van der Waals surface area contributed by atoms with Gasteiger partial charge in [0.15, 0.2) is 0 Å². The highest BCUT2D eigenvalue weighted by molar-refractivity contribution is 5.95. The molecule has 6 heteroatoms. The Morgan fingerprint density at radius 2 is 1.97 bits per heavy atom. The van der Waals surface area contributed by atoms with Crippen molar-refractivity contribution in [2.24, 2.45) is 0 Å². The fraction of sp³-hybridized carbons (Fsp3) is 0.346. The lowest BCUT2D eigenvalue weighted by molar-refractivity contribution is -0.123. The standard InChI is InChI=1S/C26H29N5O/c1-2-3-7-23-17-31(22-8-5-4-6-9-22)26(32)18-30(23)25(24-16-28-19-29-24)14-20-10-12-21(15-27)13-11-20/h4-6,8-13,16,19,23,25H,2-3,7,14,17-18H2,1H3,(H,28,29)/t23-,25?/m0/s1. The Morgan fingerprint density at radius 1 is 1.19 bits per heavy atom. The molecule has 6 nitrogen and oxygen atoms in total. The molecule has 2 aromatic carbocycles. The molecule has 0 spiro atoms. The molecule has 1 amide bonds. The van der Waals surface area contributed by atoms with E-state index in [0.717, 1.165) is 42.6 Å². The highest BCUT2D eigenvalue weighted by Gasteiger charge is 2.37. The zero-order valence-electron chi connectivity index (χ0n) is 18.4. The van der Waals surface area contributed by atoms with Gasteiger partial charge in [-0.1, -0.05) is 50.1 Å². The average molecular weight is 428 g/mol. The minimum atomic E-state index is 0.00849. The van der Waals surface area contributed by atoms with Gasteiger partial charge in [0.25, 0.3) is 0 Å². The first-order valence-corrected chi connectivity index (χ1v) is 11.3. The molecule has 2 heterocycles. The molecule has 0 radical (unpaired) electrons. The number of amides is 1. The molecule has 3 aromatic rings. The van der Waals surface area contributed by atoms with Gasteiger partial charge in [0.2, 0.25) is 5.91 Å². The minimum absolute atomic E-state index is 0.00849. The lowest BCUT2D eigenvalue weighted by atomic mass is 9.96. The van der Waals surface area contributed by atoms with Gasteiger partial charge in [-0.15, -0.1) is 0 Å². The lowest BCUT2D eigenvalue weighted by Gasteiger charge is -2.44. The van der Waals surface area contributed by atoms with Crippen LogP contribution < -0.4 is 4.90 Å². The highest BCUT2D eigenvalue weighted by Crippen LogP contribution is 2.31. The summed E-state index contributed by atoms with van der Waals surface area (Å²) in [7, 11) is 0. The van der Waals surface area contributed by atoms with E-state index in [-0.39, 0.29) is 18.0 Å². The van der Waals surface area contributed by atoms with Crippen molar-refractivity contribution in [2.45, 2.75) is 44.7 Å². The summed E-state index contributed by atoms with van der Waals surface area (Å²) >= 11 is 0. The van der Waals surface area contributed by atoms with Crippen molar-refractivity contribution in [3.05, 3.63) is 83.9 Å². The van der Waals surface area contributed by atoms with Gasteiger partial charge in [-0.2, -0.15) is 5.26 Å². The number of hydrogen-bond donors (Lipinski definition) is 1. The number of carbonyl (C=O) groups is 1. The van der Waals surface area contributed by atoms with Crippen molar-refractivity contribution < 1.29 is 4.79 Å². The molecule has 2 atom stereocenters. The van der Waals surface area contributed by atoms with Crippen molar-refractivity contribution in [3.63, 3.8) is 0 Å². The number of rotatable bonds is 8. The van der Waals surface area contributed by atoms with Gasteiger partial charge >= 0.3 is 0 Å². The second kappa shape index (κ2) is 10.3. The second-order valence-corrected chi connectivity index (χ2v) is 8.34. The summed E-state index contributed by atoms with van der Waals surface area (Å²) in [6.07, 6.45) is 7.57. The number of aromatic nitrogens is 2. The Balaban J connectivity index is 1.63. The third-order valence-electron chi connectivity index (χ3n) is 6.23. The number of aromatic amines is 1. The van der Waals surface area contributed by atoms with Crippen LogP contribution in [0, 0.1) is 11.3 Å². The molecule has 0 aliphatic carbocycles. The first-order chi connectivity index (χ1) is 15.7. The van der Waals surface area contributed by atoms with Crippen LogP contribution >= 0.6 is 0 Å². The molecular formula is C26H29N5O. The first kappa shape index (κ1) is 21.8. The van der Waals surface area contributed by atoms with E-state index in [2.05, 4.69) is 27.9 Å².